The highest BCUT2D eigenvalue weighted by molar-refractivity contribution is 5.31. The van der Waals surface area contributed by atoms with E-state index in [1.165, 1.54) is 6.20 Å². The molecule has 0 aliphatic carbocycles. The van der Waals surface area contributed by atoms with Crippen LogP contribution in [0, 0.1) is 17.0 Å². The van der Waals surface area contributed by atoms with Crippen LogP contribution in [0.4, 0.5) is 5.69 Å². The Labute approximate surface area is 86.9 Å². The molecule has 0 saturated carbocycles. The molecule has 15 heavy (non-hydrogen) atoms. The molecule has 0 amide bonds. The highest BCUT2D eigenvalue weighted by atomic mass is 16.6. The largest absolute Gasteiger partial charge is 0.395 e. The van der Waals surface area contributed by atoms with E-state index < -0.39 is 4.92 Å². The van der Waals surface area contributed by atoms with Gasteiger partial charge >= 0.3 is 5.69 Å². The fourth-order valence-electron chi connectivity index (χ4n) is 1.23. The molecule has 0 aliphatic rings. The van der Waals surface area contributed by atoms with Gasteiger partial charge in [-0.15, -0.1) is 0 Å². The molecular weight excluding hydrogens is 200 g/mol. The van der Waals surface area contributed by atoms with Gasteiger partial charge in [-0.05, 0) is 6.92 Å². The van der Waals surface area contributed by atoms with Gasteiger partial charge in [0.15, 0.2) is 0 Å². The van der Waals surface area contributed by atoms with Gasteiger partial charge in [0.25, 0.3) is 0 Å². The van der Waals surface area contributed by atoms with E-state index in [-0.39, 0.29) is 12.3 Å². The maximum absolute atomic E-state index is 10.5. The van der Waals surface area contributed by atoms with E-state index in [9.17, 15) is 10.1 Å². The van der Waals surface area contributed by atoms with E-state index in [2.05, 4.69) is 10.4 Å². The maximum Gasteiger partial charge on any atom is 0.309 e. The Bertz CT molecular complexity index is 337. The van der Waals surface area contributed by atoms with Crippen LogP contribution in [0.15, 0.2) is 6.20 Å². The molecule has 84 valence electrons. The predicted molar refractivity (Wildman–Crippen MR) is 53.6 cm³/mol. The standard InChI is InChI=1S/C8H14N4O3/c1-7-8(12(14)15)6-10-11(7)4-2-9-3-5-13/h6,9,13H,2-5H2,1H3. The molecule has 7 nitrogen and oxygen atoms in total. The number of aliphatic hydroxyl groups is 1. The summed E-state index contributed by atoms with van der Waals surface area (Å²) in [6.07, 6.45) is 1.25. The third-order valence-electron chi connectivity index (χ3n) is 2.06. The third kappa shape index (κ3) is 3.00. The molecule has 1 rings (SSSR count). The topological polar surface area (TPSA) is 93.2 Å². The summed E-state index contributed by atoms with van der Waals surface area (Å²) in [7, 11) is 0. The van der Waals surface area contributed by atoms with Crippen molar-refractivity contribution in [2.24, 2.45) is 0 Å². The van der Waals surface area contributed by atoms with Gasteiger partial charge in [-0.1, -0.05) is 0 Å². The van der Waals surface area contributed by atoms with Crippen molar-refractivity contribution < 1.29 is 10.0 Å². The summed E-state index contributed by atoms with van der Waals surface area (Å²) in [6.45, 7) is 3.44. The van der Waals surface area contributed by atoms with Crippen molar-refractivity contribution in [2.75, 3.05) is 19.7 Å². The lowest BCUT2D eigenvalue weighted by atomic mass is 10.4. The van der Waals surface area contributed by atoms with Crippen LogP contribution < -0.4 is 5.32 Å². The summed E-state index contributed by atoms with van der Waals surface area (Å²) in [6, 6.07) is 0. The number of aromatic nitrogens is 2. The average Bonchev–Trinajstić information content (AvgIpc) is 2.55. The third-order valence-corrected chi connectivity index (χ3v) is 2.06. The van der Waals surface area contributed by atoms with Gasteiger partial charge in [-0.2, -0.15) is 5.10 Å². The van der Waals surface area contributed by atoms with Crippen LogP contribution >= 0.6 is 0 Å². The molecule has 0 radical (unpaired) electrons. The summed E-state index contributed by atoms with van der Waals surface area (Å²) < 4.78 is 1.57. The fraction of sp³-hybridized carbons (Fsp3) is 0.625. The highest BCUT2D eigenvalue weighted by Gasteiger charge is 2.15. The lowest BCUT2D eigenvalue weighted by Crippen LogP contribution is -2.23. The van der Waals surface area contributed by atoms with Crippen molar-refractivity contribution in [1.82, 2.24) is 15.1 Å². The summed E-state index contributed by atoms with van der Waals surface area (Å²) >= 11 is 0. The van der Waals surface area contributed by atoms with E-state index in [1.807, 2.05) is 0 Å². The van der Waals surface area contributed by atoms with E-state index in [0.717, 1.165) is 0 Å². The molecule has 0 atom stereocenters. The van der Waals surface area contributed by atoms with Gasteiger partial charge in [-0.3, -0.25) is 14.8 Å². The minimum Gasteiger partial charge on any atom is -0.395 e. The first-order valence-corrected chi connectivity index (χ1v) is 4.65. The second-order valence-corrected chi connectivity index (χ2v) is 3.07. The molecule has 0 unspecified atom stereocenters. The normalized spacial score (nSPS) is 10.5. The zero-order chi connectivity index (χ0) is 11.3. The highest BCUT2D eigenvalue weighted by Crippen LogP contribution is 2.15. The van der Waals surface area contributed by atoms with Crippen molar-refractivity contribution in [3.05, 3.63) is 22.0 Å². The van der Waals surface area contributed by atoms with E-state index in [0.29, 0.717) is 25.3 Å². The Morgan fingerprint density at radius 1 is 1.67 bits per heavy atom. The Morgan fingerprint density at radius 3 is 2.93 bits per heavy atom. The number of rotatable bonds is 6. The van der Waals surface area contributed by atoms with Crippen LogP contribution in [0.25, 0.3) is 0 Å². The molecule has 2 N–H and O–H groups in total. The van der Waals surface area contributed by atoms with Gasteiger partial charge in [0, 0.05) is 13.1 Å². The van der Waals surface area contributed by atoms with E-state index in [1.54, 1.807) is 11.6 Å². The van der Waals surface area contributed by atoms with E-state index in [4.69, 9.17) is 5.11 Å². The molecule has 0 bridgehead atoms. The number of nitrogens with one attached hydrogen (secondary N) is 1. The van der Waals surface area contributed by atoms with E-state index >= 15 is 0 Å². The number of aliphatic hydroxyl groups excluding tert-OH is 1. The molecule has 1 heterocycles. The average molecular weight is 214 g/mol. The van der Waals surface area contributed by atoms with Gasteiger partial charge in [-0.25, -0.2) is 0 Å². The monoisotopic (exact) mass is 214 g/mol. The Kier molecular flexibility index (Phi) is 4.19. The van der Waals surface area contributed by atoms with Gasteiger partial charge < -0.3 is 10.4 Å². The van der Waals surface area contributed by atoms with Crippen molar-refractivity contribution in [3.8, 4) is 0 Å². The van der Waals surface area contributed by atoms with Crippen molar-refractivity contribution in [1.29, 1.82) is 0 Å². The quantitative estimate of drug-likeness (QED) is 0.384. The lowest BCUT2D eigenvalue weighted by Gasteiger charge is -2.04. The zero-order valence-corrected chi connectivity index (χ0v) is 8.51. The lowest BCUT2D eigenvalue weighted by molar-refractivity contribution is -0.385. The molecular formula is C8H14N4O3. The minimum atomic E-state index is -0.444. The molecule has 0 aliphatic heterocycles. The summed E-state index contributed by atoms with van der Waals surface area (Å²) in [5.74, 6) is 0. The van der Waals surface area contributed by atoms with Gasteiger partial charge in [0.05, 0.1) is 18.1 Å². The second-order valence-electron chi connectivity index (χ2n) is 3.07. The molecule has 1 aromatic heterocycles. The van der Waals surface area contributed by atoms with Crippen LogP contribution in [-0.2, 0) is 6.54 Å². The number of hydrogen-bond acceptors (Lipinski definition) is 5. The number of hydrogen-bond donors (Lipinski definition) is 2. The molecule has 7 heteroatoms. The smallest absolute Gasteiger partial charge is 0.309 e. The fourth-order valence-corrected chi connectivity index (χ4v) is 1.23. The van der Waals surface area contributed by atoms with Crippen LogP contribution in [0.1, 0.15) is 5.69 Å². The molecule has 0 fully saturated rings. The summed E-state index contributed by atoms with van der Waals surface area (Å²) in [4.78, 5) is 10.1. The number of nitro groups is 1. The first-order valence-electron chi connectivity index (χ1n) is 4.65. The first-order chi connectivity index (χ1) is 7.16. The van der Waals surface area contributed by atoms with Crippen molar-refractivity contribution in [2.45, 2.75) is 13.5 Å². The minimum absolute atomic E-state index is 0.0390. The van der Waals surface area contributed by atoms with Crippen LogP contribution in [-0.4, -0.2) is 39.5 Å². The predicted octanol–water partition coefficient (Wildman–Crippen LogP) is -0.318. The molecule has 0 saturated heterocycles. The van der Waals surface area contributed by atoms with Crippen molar-refractivity contribution >= 4 is 5.69 Å². The van der Waals surface area contributed by atoms with Crippen LogP contribution in [0.5, 0.6) is 0 Å². The maximum atomic E-state index is 10.5. The van der Waals surface area contributed by atoms with Crippen LogP contribution in [0.3, 0.4) is 0 Å². The molecule has 0 aromatic carbocycles. The number of nitrogens with zero attached hydrogens (tertiary/aromatic N) is 3. The van der Waals surface area contributed by atoms with Crippen molar-refractivity contribution in [3.63, 3.8) is 0 Å². The Hall–Kier alpha value is -1.47. The van der Waals surface area contributed by atoms with Gasteiger partial charge in [0.2, 0.25) is 0 Å². The Balaban J connectivity index is 2.51. The molecule has 1 aromatic rings. The Morgan fingerprint density at radius 2 is 2.40 bits per heavy atom. The SMILES string of the molecule is Cc1c([N+](=O)[O-])cnn1CCNCCO. The summed E-state index contributed by atoms with van der Waals surface area (Å²) in [5.41, 5.74) is 0.586. The van der Waals surface area contributed by atoms with Gasteiger partial charge in [0.1, 0.15) is 11.9 Å². The molecule has 0 spiro atoms. The summed E-state index contributed by atoms with van der Waals surface area (Å²) in [5, 5.41) is 25.9. The zero-order valence-electron chi connectivity index (χ0n) is 8.51. The van der Waals surface area contributed by atoms with Crippen LogP contribution in [0.2, 0.25) is 0 Å². The first kappa shape index (κ1) is 11.6. The second kappa shape index (κ2) is 5.42.